The van der Waals surface area contributed by atoms with Crippen LogP contribution in [0.5, 0.6) is 11.5 Å². The molecule has 2 aliphatic heterocycles. The first-order valence-corrected chi connectivity index (χ1v) is 17.5. The Balaban J connectivity index is 1.18. The highest BCUT2D eigenvalue weighted by Gasteiger charge is 2.34. The van der Waals surface area contributed by atoms with Gasteiger partial charge in [-0.2, -0.15) is 0 Å². The van der Waals surface area contributed by atoms with Gasteiger partial charge in [0.1, 0.15) is 0 Å². The van der Waals surface area contributed by atoms with E-state index in [-0.39, 0.29) is 37.6 Å². The van der Waals surface area contributed by atoms with Crippen LogP contribution in [0.15, 0.2) is 84.9 Å². The number of benzene rings is 4. The van der Waals surface area contributed by atoms with Crippen LogP contribution < -0.4 is 14.8 Å². The van der Waals surface area contributed by atoms with Gasteiger partial charge in [-0.1, -0.05) is 60.7 Å². The summed E-state index contributed by atoms with van der Waals surface area (Å²) in [7, 11) is 3.33. The van der Waals surface area contributed by atoms with E-state index >= 15 is 0 Å². The number of ether oxygens (including phenoxy) is 4. The summed E-state index contributed by atoms with van der Waals surface area (Å²) in [6.07, 6.45) is 1.17. The lowest BCUT2D eigenvalue weighted by Crippen LogP contribution is -2.41. The van der Waals surface area contributed by atoms with Crippen molar-refractivity contribution >= 4 is 11.9 Å². The Kier molecular flexibility index (Phi) is 12.0. The van der Waals surface area contributed by atoms with Crippen molar-refractivity contribution < 1.29 is 38.7 Å². The molecule has 3 atom stereocenters. The number of hydrogen-bond acceptors (Lipinski definition) is 8. The van der Waals surface area contributed by atoms with E-state index in [1.54, 1.807) is 14.2 Å². The van der Waals surface area contributed by atoms with E-state index in [1.165, 1.54) is 11.1 Å². The van der Waals surface area contributed by atoms with Crippen molar-refractivity contribution in [2.45, 2.75) is 70.3 Å². The quantitative estimate of drug-likeness (QED) is 0.139. The van der Waals surface area contributed by atoms with Crippen molar-refractivity contribution in [2.75, 3.05) is 27.3 Å². The first kappa shape index (κ1) is 36.1. The number of nitrogens with zero attached hydrogens (tertiary/aromatic N) is 1. The molecular weight excluding hydrogens is 648 g/mol. The Labute approximate surface area is 298 Å². The highest BCUT2D eigenvalue weighted by Crippen LogP contribution is 2.40. The Hall–Kier alpha value is -4.74. The van der Waals surface area contributed by atoms with Gasteiger partial charge in [-0.05, 0) is 76.1 Å². The smallest absolute Gasteiger partial charge is 0.303 e. The van der Waals surface area contributed by atoms with E-state index in [1.807, 2.05) is 66.7 Å². The molecule has 0 spiro atoms. The zero-order chi connectivity index (χ0) is 35.7. The lowest BCUT2D eigenvalue weighted by molar-refractivity contribution is -0.253. The normalized spacial score (nSPS) is 18.8. The first-order chi connectivity index (χ1) is 24.8. The standard InChI is InChI=1S/C41H46N2O8/c1-48-37-20-32-16-17-43(24-34(32)21-38(37)49-2)25-35-22-36(29-14-12-27(26-44)13-15-29)51-41(50-35)33-9-4-8-31(19-33)30-7-3-6-28(18-30)23-42-39(45)10-5-11-40(46)47/h3-4,6-9,12-15,18-21,35-36,41,44H,5,10-11,16-17,22-26H2,1-2H3,(H,42,45)(H,46,47)/t35-,36+,41+/m0/s1. The Morgan fingerprint density at radius 3 is 2.29 bits per heavy atom. The number of aliphatic hydroxyl groups is 1. The van der Waals surface area contributed by atoms with E-state index in [2.05, 4.69) is 28.4 Å². The molecule has 0 radical (unpaired) electrons. The van der Waals surface area contributed by atoms with Crippen LogP contribution in [0.3, 0.4) is 0 Å². The molecule has 1 fully saturated rings. The van der Waals surface area contributed by atoms with E-state index in [9.17, 15) is 14.7 Å². The zero-order valence-corrected chi connectivity index (χ0v) is 29.2. The molecule has 6 rings (SSSR count). The minimum absolute atomic E-state index is 0.0135. The maximum Gasteiger partial charge on any atom is 0.303 e. The SMILES string of the molecule is COc1cc2c(cc1OC)CN(C[C@@H]1C[C@H](c3ccc(CO)cc3)O[C@H](c3cccc(-c4cccc(CNC(=O)CCCC(=O)O)c4)c3)O1)CC2. The third-order valence-electron chi connectivity index (χ3n) is 9.58. The number of hydrogen-bond donors (Lipinski definition) is 3. The molecule has 0 bridgehead atoms. The van der Waals surface area contributed by atoms with Gasteiger partial charge in [-0.15, -0.1) is 0 Å². The Bertz CT molecular complexity index is 1810. The lowest BCUT2D eigenvalue weighted by Gasteiger charge is -2.39. The second kappa shape index (κ2) is 17.0. The van der Waals surface area contributed by atoms with Crippen molar-refractivity contribution in [2.24, 2.45) is 0 Å². The number of nitrogens with one attached hydrogen (secondary N) is 1. The number of amides is 1. The molecule has 0 unspecified atom stereocenters. The van der Waals surface area contributed by atoms with Gasteiger partial charge in [-0.3, -0.25) is 14.5 Å². The molecule has 51 heavy (non-hydrogen) atoms. The monoisotopic (exact) mass is 694 g/mol. The van der Waals surface area contributed by atoms with Crippen LogP contribution in [0.1, 0.15) is 71.5 Å². The minimum atomic E-state index is -0.902. The van der Waals surface area contributed by atoms with E-state index in [0.717, 1.165) is 70.9 Å². The molecule has 3 N–H and O–H groups in total. The molecule has 4 aromatic carbocycles. The molecule has 10 nitrogen and oxygen atoms in total. The van der Waals surface area contributed by atoms with Gasteiger partial charge in [-0.25, -0.2) is 0 Å². The molecule has 0 aromatic heterocycles. The third-order valence-corrected chi connectivity index (χ3v) is 9.58. The molecule has 2 heterocycles. The number of aliphatic carboxylic acids is 1. The largest absolute Gasteiger partial charge is 0.493 e. The predicted molar refractivity (Wildman–Crippen MR) is 192 cm³/mol. The number of fused-ring (bicyclic) bond motifs is 1. The van der Waals surface area contributed by atoms with Crippen LogP contribution in [-0.4, -0.2) is 60.4 Å². The molecule has 4 aromatic rings. The molecule has 0 saturated carbocycles. The van der Waals surface area contributed by atoms with Crippen molar-refractivity contribution in [1.29, 1.82) is 0 Å². The fourth-order valence-electron chi connectivity index (χ4n) is 6.83. The predicted octanol–water partition coefficient (Wildman–Crippen LogP) is 6.34. The molecule has 1 saturated heterocycles. The summed E-state index contributed by atoms with van der Waals surface area (Å²) < 4.78 is 24.5. The van der Waals surface area contributed by atoms with Gasteiger partial charge >= 0.3 is 5.97 Å². The van der Waals surface area contributed by atoms with Crippen molar-refractivity contribution in [3.8, 4) is 22.6 Å². The van der Waals surface area contributed by atoms with Crippen molar-refractivity contribution in [3.05, 3.63) is 118 Å². The summed E-state index contributed by atoms with van der Waals surface area (Å²) in [5.74, 6) is 0.413. The van der Waals surface area contributed by atoms with E-state index < -0.39 is 12.3 Å². The fraction of sp³-hybridized carbons (Fsp3) is 0.366. The van der Waals surface area contributed by atoms with E-state index in [0.29, 0.717) is 19.4 Å². The van der Waals surface area contributed by atoms with Gasteiger partial charge in [0.25, 0.3) is 0 Å². The number of carbonyl (C=O) groups is 2. The summed E-state index contributed by atoms with van der Waals surface area (Å²) in [5.41, 5.74) is 8.24. The van der Waals surface area contributed by atoms with Crippen LogP contribution >= 0.6 is 0 Å². The average molecular weight is 695 g/mol. The fourth-order valence-corrected chi connectivity index (χ4v) is 6.83. The summed E-state index contributed by atoms with van der Waals surface area (Å²) in [4.78, 5) is 25.4. The second-order valence-corrected chi connectivity index (χ2v) is 13.2. The number of carboxylic acids is 1. The molecule has 0 aliphatic carbocycles. The van der Waals surface area contributed by atoms with E-state index in [4.69, 9.17) is 24.1 Å². The maximum atomic E-state index is 12.2. The van der Waals surface area contributed by atoms with Crippen LogP contribution in [0.4, 0.5) is 0 Å². The highest BCUT2D eigenvalue weighted by atomic mass is 16.7. The second-order valence-electron chi connectivity index (χ2n) is 13.2. The molecule has 1 amide bonds. The van der Waals surface area contributed by atoms with Crippen LogP contribution in [0, 0.1) is 0 Å². The van der Waals surface area contributed by atoms with Gasteiger partial charge in [0, 0.05) is 51.0 Å². The van der Waals surface area contributed by atoms with Crippen molar-refractivity contribution in [1.82, 2.24) is 10.2 Å². The molecule has 10 heteroatoms. The number of methoxy groups -OCH3 is 2. The van der Waals surface area contributed by atoms with Gasteiger partial charge in [0.2, 0.25) is 5.91 Å². The van der Waals surface area contributed by atoms with Gasteiger partial charge < -0.3 is 34.5 Å². The number of rotatable bonds is 14. The highest BCUT2D eigenvalue weighted by molar-refractivity contribution is 5.76. The topological polar surface area (TPSA) is 127 Å². The number of carbonyl (C=O) groups excluding carboxylic acids is 1. The summed E-state index contributed by atoms with van der Waals surface area (Å²) in [6.45, 7) is 2.76. The number of carboxylic acid groups (broad SMARTS) is 1. The van der Waals surface area contributed by atoms with Crippen LogP contribution in [0.2, 0.25) is 0 Å². The Morgan fingerprint density at radius 2 is 1.57 bits per heavy atom. The zero-order valence-electron chi connectivity index (χ0n) is 29.2. The first-order valence-electron chi connectivity index (χ1n) is 17.5. The minimum Gasteiger partial charge on any atom is -0.493 e. The number of aliphatic hydroxyl groups excluding tert-OH is 1. The molecule has 2 aliphatic rings. The third kappa shape index (κ3) is 9.33. The maximum absolute atomic E-state index is 12.2. The van der Waals surface area contributed by atoms with Crippen LogP contribution in [0.25, 0.3) is 11.1 Å². The summed E-state index contributed by atoms with van der Waals surface area (Å²) >= 11 is 0. The van der Waals surface area contributed by atoms with Gasteiger partial charge in [0.05, 0.1) is 33.0 Å². The summed E-state index contributed by atoms with van der Waals surface area (Å²) in [6, 6.07) is 28.3. The van der Waals surface area contributed by atoms with Crippen molar-refractivity contribution in [3.63, 3.8) is 0 Å². The lowest BCUT2D eigenvalue weighted by atomic mass is 9.96. The average Bonchev–Trinajstić information content (AvgIpc) is 3.16. The molecular formula is C41H46N2O8. The van der Waals surface area contributed by atoms with Crippen LogP contribution in [-0.2, 0) is 45.2 Å². The Morgan fingerprint density at radius 1 is 0.843 bits per heavy atom. The van der Waals surface area contributed by atoms with Gasteiger partial charge in [0.15, 0.2) is 17.8 Å². The summed E-state index contributed by atoms with van der Waals surface area (Å²) in [5, 5.41) is 21.3. The molecule has 268 valence electrons.